The van der Waals surface area contributed by atoms with Crippen molar-refractivity contribution in [3.63, 3.8) is 0 Å². The Morgan fingerprint density at radius 2 is 1.73 bits per heavy atom. The molecule has 0 unspecified atom stereocenters. The number of allylic oxidation sites excluding steroid dienone is 8. The summed E-state index contributed by atoms with van der Waals surface area (Å²) in [6, 6.07) is 0. The molecule has 0 fully saturated rings. The van der Waals surface area contributed by atoms with Crippen molar-refractivity contribution in [3.05, 3.63) is 71.4 Å². The van der Waals surface area contributed by atoms with Gasteiger partial charge in [0.1, 0.15) is 11.9 Å². The van der Waals surface area contributed by atoms with Crippen molar-refractivity contribution < 1.29 is 29.0 Å². The second kappa shape index (κ2) is 23.7. The molecular weight excluding hydrogens is 681 g/mol. The summed E-state index contributed by atoms with van der Waals surface area (Å²) in [5.74, 6) is -0.231. The highest BCUT2D eigenvalue weighted by Gasteiger charge is 2.29. The monoisotopic (exact) mass is 744 g/mol. The van der Waals surface area contributed by atoms with Gasteiger partial charge in [-0.05, 0) is 71.8 Å². The van der Waals surface area contributed by atoms with Crippen LogP contribution in [0.2, 0.25) is 0 Å². The number of aliphatic hydroxyl groups excluding tert-OH is 1. The number of aliphatic hydroxyl groups is 1. The third kappa shape index (κ3) is 19.6. The van der Waals surface area contributed by atoms with Gasteiger partial charge in [-0.15, -0.1) is 0 Å². The number of rotatable bonds is 22. The predicted molar refractivity (Wildman–Crippen MR) is 215 cm³/mol. The Bertz CT molecular complexity index is 1350. The van der Waals surface area contributed by atoms with Crippen LogP contribution in [0, 0.1) is 29.6 Å². The summed E-state index contributed by atoms with van der Waals surface area (Å²) in [6.45, 7) is 20.3. The lowest BCUT2D eigenvalue weighted by Gasteiger charge is -2.26. The van der Waals surface area contributed by atoms with Crippen LogP contribution in [0.1, 0.15) is 94.9 Å². The summed E-state index contributed by atoms with van der Waals surface area (Å²) < 4.78 is 5.20. The van der Waals surface area contributed by atoms with E-state index in [2.05, 4.69) is 43.6 Å². The van der Waals surface area contributed by atoms with Crippen molar-refractivity contribution in [2.24, 2.45) is 29.6 Å². The van der Waals surface area contributed by atoms with E-state index in [0.29, 0.717) is 25.3 Å². The molecule has 10 heteroatoms. The highest BCUT2D eigenvalue weighted by Crippen LogP contribution is 2.35. The minimum atomic E-state index is -0.832. The predicted octanol–water partition coefficient (Wildman–Crippen LogP) is 8.11. The molecule has 0 aromatic heterocycles. The molecule has 0 aliphatic carbocycles. The van der Waals surface area contributed by atoms with Crippen LogP contribution in [0.15, 0.2) is 71.4 Å². The first-order valence-electron chi connectivity index (χ1n) is 18.1. The zero-order valence-electron chi connectivity index (χ0n) is 32.8. The first-order chi connectivity index (χ1) is 23.8. The number of hydrogen-bond donors (Lipinski definition) is 3. The largest absolute Gasteiger partial charge is 0.454 e. The van der Waals surface area contributed by atoms with Crippen LogP contribution >= 0.6 is 21.6 Å². The van der Waals surface area contributed by atoms with E-state index < -0.39 is 12.0 Å². The maximum absolute atomic E-state index is 13.3. The molecule has 8 nitrogen and oxygen atoms in total. The number of ether oxygens (including phenoxy) is 1. The van der Waals surface area contributed by atoms with Gasteiger partial charge in [-0.2, -0.15) is 0 Å². The van der Waals surface area contributed by atoms with Gasteiger partial charge in [0.25, 0.3) is 0 Å². The molecule has 1 aliphatic rings. The number of carbonyl (C=O) groups is 4. The van der Waals surface area contributed by atoms with Crippen molar-refractivity contribution in [3.8, 4) is 0 Å². The normalized spacial score (nSPS) is 20.5. The van der Waals surface area contributed by atoms with Gasteiger partial charge in [-0.3, -0.25) is 14.4 Å². The van der Waals surface area contributed by atoms with Gasteiger partial charge in [0.2, 0.25) is 11.8 Å². The molecule has 0 bridgehead atoms. The van der Waals surface area contributed by atoms with E-state index in [1.807, 2.05) is 71.9 Å². The van der Waals surface area contributed by atoms with Crippen LogP contribution in [0.25, 0.3) is 0 Å². The molecule has 0 aromatic rings. The molecule has 1 rings (SSSR count). The molecule has 0 aromatic carbocycles. The Morgan fingerprint density at radius 1 is 1.06 bits per heavy atom. The first kappa shape index (κ1) is 46.2. The van der Waals surface area contributed by atoms with E-state index >= 15 is 0 Å². The Hall–Kier alpha value is -2.82. The Labute approximate surface area is 315 Å². The molecule has 1 aliphatic heterocycles. The van der Waals surface area contributed by atoms with E-state index in [-0.39, 0.29) is 52.2 Å². The van der Waals surface area contributed by atoms with Crippen molar-refractivity contribution in [2.45, 2.75) is 112 Å². The number of ketones is 1. The van der Waals surface area contributed by atoms with Gasteiger partial charge in [0, 0.05) is 60.4 Å². The van der Waals surface area contributed by atoms with Crippen molar-refractivity contribution in [1.82, 2.24) is 10.6 Å². The van der Waals surface area contributed by atoms with Gasteiger partial charge < -0.3 is 20.5 Å². The molecule has 3 N–H and O–H groups in total. The number of esters is 1. The standard InChI is InChI=1S/C41H64N2O6S2/c1-27(22-29(3)17-19-35-31(5)18-20-38(46)49-35)14-12-15-28(2)23-32(6)39(47)34(8)40(48)33(7)24-30(4)25-37(45)43-26-41(9,10)51-50-21-13-16-36(44)42-11/h12,15,17-20,22-23,25,27,31-35,40,48H,13-14,16,21,24,26H2,1-11H3,(H,42,44)(H,43,45)/b15-12+,19-17+,28-23+,29-22-,30-25+/t27-,31+,32-,33+,34-,35+,40-/m1/s1. The summed E-state index contributed by atoms with van der Waals surface area (Å²) in [6.07, 6.45) is 18.7. The van der Waals surface area contributed by atoms with Gasteiger partial charge in [-0.25, -0.2) is 4.79 Å². The van der Waals surface area contributed by atoms with E-state index in [9.17, 15) is 24.3 Å². The minimum Gasteiger partial charge on any atom is -0.454 e. The van der Waals surface area contributed by atoms with Gasteiger partial charge in [0.05, 0.1) is 6.10 Å². The topological polar surface area (TPSA) is 122 Å². The molecule has 7 atom stereocenters. The van der Waals surface area contributed by atoms with Crippen LogP contribution < -0.4 is 10.6 Å². The third-order valence-corrected chi connectivity index (χ3v) is 12.1. The van der Waals surface area contributed by atoms with Gasteiger partial charge >= 0.3 is 5.97 Å². The van der Waals surface area contributed by atoms with E-state index in [0.717, 1.165) is 35.3 Å². The first-order valence-corrected chi connectivity index (χ1v) is 20.5. The van der Waals surface area contributed by atoms with E-state index in [4.69, 9.17) is 4.74 Å². The fourth-order valence-electron chi connectivity index (χ4n) is 5.64. The molecule has 0 radical (unpaired) electrons. The summed E-state index contributed by atoms with van der Waals surface area (Å²) >= 11 is 0. The van der Waals surface area contributed by atoms with Crippen molar-refractivity contribution >= 4 is 45.2 Å². The average molecular weight is 745 g/mol. The minimum absolute atomic E-state index is 0.0140. The Balaban J connectivity index is 2.56. The fraction of sp³-hybridized carbons (Fsp3) is 0.610. The van der Waals surface area contributed by atoms with Gasteiger partial charge in [-0.1, -0.05) is 109 Å². The van der Waals surface area contributed by atoms with E-state index in [1.54, 1.807) is 41.6 Å². The van der Waals surface area contributed by atoms with Crippen LogP contribution in [-0.2, 0) is 23.9 Å². The molecule has 0 spiro atoms. The second-order valence-electron chi connectivity index (χ2n) is 14.7. The van der Waals surface area contributed by atoms with Crippen LogP contribution in [0.3, 0.4) is 0 Å². The number of Topliss-reactive ketones (excluding diaryl/α,β-unsaturated/α-hetero) is 1. The number of nitrogens with one attached hydrogen (secondary N) is 2. The Kier molecular flexibility index (Phi) is 21.5. The summed E-state index contributed by atoms with van der Waals surface area (Å²) in [4.78, 5) is 48.8. The third-order valence-electron chi connectivity index (χ3n) is 8.70. The van der Waals surface area contributed by atoms with Crippen molar-refractivity contribution in [1.29, 1.82) is 0 Å². The Morgan fingerprint density at radius 3 is 2.39 bits per heavy atom. The lowest BCUT2D eigenvalue weighted by Crippen LogP contribution is -2.35. The van der Waals surface area contributed by atoms with Crippen LogP contribution in [0.4, 0.5) is 0 Å². The number of hydrogen-bond acceptors (Lipinski definition) is 8. The number of amides is 2. The zero-order valence-corrected chi connectivity index (χ0v) is 34.4. The quantitative estimate of drug-likeness (QED) is 0.0334. The van der Waals surface area contributed by atoms with Crippen LogP contribution in [-0.4, -0.2) is 65.0 Å². The second-order valence-corrected chi connectivity index (χ2v) is 17.8. The van der Waals surface area contributed by atoms with E-state index in [1.165, 1.54) is 6.08 Å². The molecule has 0 saturated heterocycles. The summed E-state index contributed by atoms with van der Waals surface area (Å²) in [7, 11) is 5.04. The lowest BCUT2D eigenvalue weighted by atomic mass is 9.83. The number of carbonyl (C=O) groups excluding carboxylic acids is 4. The number of cyclic esters (lactones) is 1. The molecule has 286 valence electrons. The molecular formula is C41H64N2O6S2. The molecule has 0 saturated carbocycles. The van der Waals surface area contributed by atoms with Gasteiger partial charge in [0.15, 0.2) is 0 Å². The highest BCUT2D eigenvalue weighted by molar-refractivity contribution is 8.77. The van der Waals surface area contributed by atoms with Crippen molar-refractivity contribution in [2.75, 3.05) is 19.3 Å². The summed E-state index contributed by atoms with van der Waals surface area (Å²) in [5.41, 5.74) is 2.94. The zero-order chi connectivity index (χ0) is 38.7. The lowest BCUT2D eigenvalue weighted by molar-refractivity contribution is -0.143. The smallest absolute Gasteiger partial charge is 0.331 e. The summed E-state index contributed by atoms with van der Waals surface area (Å²) in [5, 5.41) is 16.7. The molecule has 51 heavy (non-hydrogen) atoms. The SMILES string of the molecule is CNC(=O)CCCSSC(C)(C)CNC(=O)/C=C(\C)C[C@H](C)[C@@H](O)[C@H](C)C(=O)[C@H](C)/C=C(C)/C=C/C[C@@H](C)/C=C(C)\C=C\[C@@H]1OC(=O)C=C[C@@H]1C. The fourth-order valence-corrected chi connectivity index (χ4v) is 8.17. The highest BCUT2D eigenvalue weighted by atomic mass is 33.1. The maximum Gasteiger partial charge on any atom is 0.331 e. The maximum atomic E-state index is 13.3. The molecule has 1 heterocycles. The molecule has 2 amide bonds. The average Bonchev–Trinajstić information content (AvgIpc) is 3.06. The van der Waals surface area contributed by atoms with Crippen LogP contribution in [0.5, 0.6) is 0 Å².